The largest absolute Gasteiger partial charge is 0.395 e. The minimum Gasteiger partial charge on any atom is -0.395 e. The third-order valence-electron chi connectivity index (χ3n) is 2.57. The molecule has 0 fully saturated rings. The second kappa shape index (κ2) is 8.02. The summed E-state index contributed by atoms with van der Waals surface area (Å²) in [5.74, 6) is 3.48. The Labute approximate surface area is 122 Å². The van der Waals surface area contributed by atoms with E-state index in [1.807, 2.05) is 0 Å². The van der Waals surface area contributed by atoms with E-state index in [4.69, 9.17) is 10.8 Å². The van der Waals surface area contributed by atoms with Crippen molar-refractivity contribution in [2.45, 2.75) is 25.8 Å². The molecule has 1 aromatic carbocycles. The molecule has 112 valence electrons. The average Bonchev–Trinajstić information content (AvgIpc) is 2.37. The normalized spacial score (nSPS) is 11.2. The lowest BCUT2D eigenvalue weighted by atomic mass is 10.1. The average molecular weight is 292 g/mol. The van der Waals surface area contributed by atoms with Crippen molar-refractivity contribution < 1.29 is 19.1 Å². The summed E-state index contributed by atoms with van der Waals surface area (Å²) < 4.78 is 13.9. The SMILES string of the molecule is CC(CC(N)=O)NC(=O)c1ccc(C#CCCO)cc1F. The number of carbonyl (C=O) groups excluding carboxylic acids is 2. The number of hydrogen-bond acceptors (Lipinski definition) is 3. The van der Waals surface area contributed by atoms with Gasteiger partial charge in [0.15, 0.2) is 0 Å². The zero-order valence-electron chi connectivity index (χ0n) is 11.6. The highest BCUT2D eigenvalue weighted by atomic mass is 19.1. The molecule has 5 nitrogen and oxygen atoms in total. The predicted octanol–water partition coefficient (Wildman–Crippen LogP) is 0.553. The van der Waals surface area contributed by atoms with Crippen LogP contribution in [0.2, 0.25) is 0 Å². The molecular formula is C15H17FN2O3. The third kappa shape index (κ3) is 5.63. The minimum absolute atomic E-state index is 0.0158. The van der Waals surface area contributed by atoms with Crippen LogP contribution in [0.5, 0.6) is 0 Å². The van der Waals surface area contributed by atoms with Gasteiger partial charge in [-0.15, -0.1) is 0 Å². The van der Waals surface area contributed by atoms with Gasteiger partial charge in [-0.2, -0.15) is 0 Å². The summed E-state index contributed by atoms with van der Waals surface area (Å²) in [6, 6.07) is 3.52. The summed E-state index contributed by atoms with van der Waals surface area (Å²) >= 11 is 0. The molecule has 1 rings (SSSR count). The van der Waals surface area contributed by atoms with E-state index in [0.29, 0.717) is 12.0 Å². The van der Waals surface area contributed by atoms with Gasteiger partial charge < -0.3 is 16.2 Å². The molecule has 0 saturated carbocycles. The molecule has 1 atom stereocenters. The number of aliphatic hydroxyl groups is 1. The monoisotopic (exact) mass is 292 g/mol. The van der Waals surface area contributed by atoms with E-state index in [0.717, 1.165) is 6.07 Å². The zero-order valence-corrected chi connectivity index (χ0v) is 11.6. The molecule has 0 saturated heterocycles. The van der Waals surface area contributed by atoms with Crippen molar-refractivity contribution in [2.75, 3.05) is 6.61 Å². The molecule has 0 heterocycles. The van der Waals surface area contributed by atoms with Crippen LogP contribution < -0.4 is 11.1 Å². The number of aliphatic hydroxyl groups excluding tert-OH is 1. The Morgan fingerprint density at radius 1 is 1.48 bits per heavy atom. The first-order valence-corrected chi connectivity index (χ1v) is 6.42. The second-order valence-electron chi connectivity index (χ2n) is 4.51. The summed E-state index contributed by atoms with van der Waals surface area (Å²) in [5, 5.41) is 11.1. The van der Waals surface area contributed by atoms with Crippen LogP contribution >= 0.6 is 0 Å². The van der Waals surface area contributed by atoms with Gasteiger partial charge in [0.05, 0.1) is 12.2 Å². The van der Waals surface area contributed by atoms with Crippen molar-refractivity contribution in [1.82, 2.24) is 5.32 Å². The maximum atomic E-state index is 13.9. The number of benzene rings is 1. The number of nitrogens with one attached hydrogen (secondary N) is 1. The van der Waals surface area contributed by atoms with Crippen LogP contribution in [0.25, 0.3) is 0 Å². The fourth-order valence-corrected chi connectivity index (χ4v) is 1.65. The van der Waals surface area contributed by atoms with Gasteiger partial charge in [0.2, 0.25) is 5.91 Å². The van der Waals surface area contributed by atoms with Gasteiger partial charge in [-0.05, 0) is 25.1 Å². The lowest BCUT2D eigenvalue weighted by Crippen LogP contribution is -2.36. The van der Waals surface area contributed by atoms with E-state index >= 15 is 0 Å². The molecule has 0 radical (unpaired) electrons. The molecule has 4 N–H and O–H groups in total. The van der Waals surface area contributed by atoms with Crippen molar-refractivity contribution in [2.24, 2.45) is 5.73 Å². The van der Waals surface area contributed by atoms with Crippen molar-refractivity contribution in [3.8, 4) is 11.8 Å². The van der Waals surface area contributed by atoms with Gasteiger partial charge in [0.1, 0.15) is 5.82 Å². The maximum Gasteiger partial charge on any atom is 0.254 e. The van der Waals surface area contributed by atoms with Crippen molar-refractivity contribution in [1.29, 1.82) is 0 Å². The number of primary amides is 1. The zero-order chi connectivity index (χ0) is 15.8. The lowest BCUT2D eigenvalue weighted by Gasteiger charge is -2.12. The fourth-order valence-electron chi connectivity index (χ4n) is 1.65. The summed E-state index contributed by atoms with van der Waals surface area (Å²) in [6.45, 7) is 1.54. The Morgan fingerprint density at radius 2 is 2.19 bits per heavy atom. The second-order valence-corrected chi connectivity index (χ2v) is 4.51. The van der Waals surface area contributed by atoms with Gasteiger partial charge >= 0.3 is 0 Å². The first-order valence-electron chi connectivity index (χ1n) is 6.42. The summed E-state index contributed by atoms with van der Waals surface area (Å²) in [7, 11) is 0. The summed E-state index contributed by atoms with van der Waals surface area (Å²) in [6.07, 6.45) is 0.284. The smallest absolute Gasteiger partial charge is 0.254 e. The molecule has 1 unspecified atom stereocenters. The molecular weight excluding hydrogens is 275 g/mol. The maximum absolute atomic E-state index is 13.9. The van der Waals surface area contributed by atoms with Gasteiger partial charge in [0, 0.05) is 24.4 Å². The Bertz CT molecular complexity index is 590. The van der Waals surface area contributed by atoms with E-state index in [1.165, 1.54) is 12.1 Å². The standard InChI is InChI=1S/C15H17FN2O3/c1-10(8-14(17)20)18-15(21)12-6-5-11(9-13(12)16)4-2-3-7-19/h5-6,9-10,19H,3,7-8H2,1H3,(H2,17,20)(H,18,21). The van der Waals surface area contributed by atoms with Crippen molar-refractivity contribution in [3.63, 3.8) is 0 Å². The van der Waals surface area contributed by atoms with Gasteiger partial charge in [-0.3, -0.25) is 9.59 Å². The Kier molecular flexibility index (Phi) is 6.37. The van der Waals surface area contributed by atoms with E-state index in [2.05, 4.69) is 17.2 Å². The first kappa shape index (κ1) is 16.7. The molecule has 0 aromatic heterocycles. The Balaban J connectivity index is 2.78. The highest BCUT2D eigenvalue weighted by molar-refractivity contribution is 5.95. The summed E-state index contributed by atoms with van der Waals surface area (Å²) in [4.78, 5) is 22.6. The van der Waals surface area contributed by atoms with Gasteiger partial charge in [-0.1, -0.05) is 11.8 Å². The molecule has 0 aliphatic heterocycles. The quantitative estimate of drug-likeness (QED) is 0.692. The highest BCUT2D eigenvalue weighted by Gasteiger charge is 2.15. The Morgan fingerprint density at radius 3 is 2.76 bits per heavy atom. The third-order valence-corrected chi connectivity index (χ3v) is 2.57. The number of nitrogens with two attached hydrogens (primary N) is 1. The van der Waals surface area contributed by atoms with E-state index in [9.17, 15) is 14.0 Å². The fraction of sp³-hybridized carbons (Fsp3) is 0.333. The van der Waals surface area contributed by atoms with Crippen LogP contribution in [0.1, 0.15) is 35.7 Å². The van der Waals surface area contributed by atoms with Crippen molar-refractivity contribution >= 4 is 11.8 Å². The van der Waals surface area contributed by atoms with Crippen LogP contribution in [-0.4, -0.2) is 29.6 Å². The number of carbonyl (C=O) groups is 2. The van der Waals surface area contributed by atoms with Gasteiger partial charge in [0.25, 0.3) is 5.91 Å². The first-order chi connectivity index (χ1) is 9.93. The molecule has 6 heteroatoms. The number of halogens is 1. The molecule has 0 aliphatic carbocycles. The van der Waals surface area contributed by atoms with E-state index in [-0.39, 0.29) is 18.6 Å². The van der Waals surface area contributed by atoms with Crippen LogP contribution in [0, 0.1) is 17.7 Å². The topological polar surface area (TPSA) is 92.4 Å². The molecule has 1 aromatic rings. The Hall–Kier alpha value is -2.39. The molecule has 21 heavy (non-hydrogen) atoms. The lowest BCUT2D eigenvalue weighted by molar-refractivity contribution is -0.118. The molecule has 0 bridgehead atoms. The minimum atomic E-state index is -0.699. The number of hydrogen-bond donors (Lipinski definition) is 3. The molecule has 0 spiro atoms. The summed E-state index contributed by atoms with van der Waals surface area (Å²) in [5.41, 5.74) is 5.31. The van der Waals surface area contributed by atoms with Crippen LogP contribution in [0.4, 0.5) is 4.39 Å². The number of rotatable bonds is 5. The molecule has 0 aliphatic rings. The molecule has 2 amide bonds. The van der Waals surface area contributed by atoms with Crippen molar-refractivity contribution in [3.05, 3.63) is 35.1 Å². The van der Waals surface area contributed by atoms with Crippen LogP contribution in [-0.2, 0) is 4.79 Å². The van der Waals surface area contributed by atoms with E-state index in [1.54, 1.807) is 6.92 Å². The van der Waals surface area contributed by atoms with Gasteiger partial charge in [-0.25, -0.2) is 4.39 Å². The highest BCUT2D eigenvalue weighted by Crippen LogP contribution is 2.10. The van der Waals surface area contributed by atoms with Crippen LogP contribution in [0.3, 0.4) is 0 Å². The van der Waals surface area contributed by atoms with Crippen LogP contribution in [0.15, 0.2) is 18.2 Å². The van der Waals surface area contributed by atoms with E-state index < -0.39 is 23.7 Å². The predicted molar refractivity (Wildman–Crippen MR) is 75.7 cm³/mol. The number of amides is 2.